The second-order valence-electron chi connectivity index (χ2n) is 6.41. The third-order valence-electron chi connectivity index (χ3n) is 4.07. The molecule has 0 aliphatic carbocycles. The van der Waals surface area contributed by atoms with Crippen LogP contribution in [-0.4, -0.2) is 24.2 Å². The summed E-state index contributed by atoms with van der Waals surface area (Å²) in [6.45, 7) is 3.16. The van der Waals surface area contributed by atoms with Gasteiger partial charge in [-0.25, -0.2) is 0 Å². The molecular weight excluding hydrogens is 286 g/mol. The number of rotatable bonds is 17. The third kappa shape index (κ3) is 19.1. The minimum absolute atomic E-state index is 0.161. The normalized spacial score (nSPS) is 11.2. The fourth-order valence-electron chi connectivity index (χ4n) is 2.56. The molecule has 1 amide bonds. The molecule has 0 aromatic carbocycles. The lowest BCUT2D eigenvalue weighted by molar-refractivity contribution is -0.121. The number of nitrogens with one attached hydrogen (secondary N) is 1. The Labute approximate surface area is 143 Å². The highest BCUT2D eigenvalue weighted by Gasteiger charge is 1.99. The lowest BCUT2D eigenvalue weighted by Crippen LogP contribution is -2.24. The SMILES string of the molecule is CCCCCC/C=C\CCCCCCCC(=O)NCCCCO. The van der Waals surface area contributed by atoms with Gasteiger partial charge in [-0.2, -0.15) is 0 Å². The van der Waals surface area contributed by atoms with Gasteiger partial charge in [-0.05, 0) is 44.9 Å². The molecule has 0 aromatic rings. The van der Waals surface area contributed by atoms with Crippen molar-refractivity contribution in [3.8, 4) is 0 Å². The average Bonchev–Trinajstić information content (AvgIpc) is 2.56. The van der Waals surface area contributed by atoms with E-state index in [4.69, 9.17) is 5.11 Å². The summed E-state index contributed by atoms with van der Waals surface area (Å²) in [6, 6.07) is 0. The molecule has 3 nitrogen and oxygen atoms in total. The van der Waals surface area contributed by atoms with E-state index in [1.54, 1.807) is 0 Å². The Kier molecular flexibility index (Phi) is 18.5. The van der Waals surface area contributed by atoms with E-state index in [1.807, 2.05) is 0 Å². The summed E-state index contributed by atoms with van der Waals surface area (Å²) >= 11 is 0. The molecule has 0 aromatic heterocycles. The van der Waals surface area contributed by atoms with Gasteiger partial charge in [-0.1, -0.05) is 57.6 Å². The molecule has 0 heterocycles. The average molecular weight is 326 g/mol. The van der Waals surface area contributed by atoms with Crippen molar-refractivity contribution >= 4 is 5.91 Å². The molecule has 0 radical (unpaired) electrons. The highest BCUT2D eigenvalue weighted by Crippen LogP contribution is 2.08. The van der Waals surface area contributed by atoms with Crippen LogP contribution in [0.2, 0.25) is 0 Å². The van der Waals surface area contributed by atoms with E-state index < -0.39 is 0 Å². The fourth-order valence-corrected chi connectivity index (χ4v) is 2.56. The molecule has 0 bridgehead atoms. The maximum atomic E-state index is 11.5. The summed E-state index contributed by atoms with van der Waals surface area (Å²) < 4.78 is 0. The van der Waals surface area contributed by atoms with Crippen LogP contribution < -0.4 is 5.32 Å². The van der Waals surface area contributed by atoms with Crippen LogP contribution in [-0.2, 0) is 4.79 Å². The maximum Gasteiger partial charge on any atom is 0.219 e. The summed E-state index contributed by atoms with van der Waals surface area (Å²) in [5, 5.41) is 11.6. The van der Waals surface area contributed by atoms with Gasteiger partial charge in [0.25, 0.3) is 0 Å². The highest BCUT2D eigenvalue weighted by atomic mass is 16.2. The molecule has 0 unspecified atom stereocenters. The Morgan fingerprint density at radius 3 is 2.09 bits per heavy atom. The smallest absolute Gasteiger partial charge is 0.219 e. The quantitative estimate of drug-likeness (QED) is 0.287. The van der Waals surface area contributed by atoms with Gasteiger partial charge in [0.1, 0.15) is 0 Å². The Morgan fingerprint density at radius 2 is 1.43 bits per heavy atom. The van der Waals surface area contributed by atoms with Gasteiger partial charge in [-0.15, -0.1) is 0 Å². The highest BCUT2D eigenvalue weighted by molar-refractivity contribution is 5.75. The number of hydrogen-bond acceptors (Lipinski definition) is 2. The van der Waals surface area contributed by atoms with Crippen molar-refractivity contribution in [2.24, 2.45) is 0 Å². The van der Waals surface area contributed by atoms with E-state index >= 15 is 0 Å². The van der Waals surface area contributed by atoms with E-state index in [9.17, 15) is 4.79 Å². The standard InChI is InChI=1S/C20H39NO2/c1-2-3-4-5-6-7-8-9-10-11-12-13-14-17-20(23)21-18-15-16-19-22/h7-8,22H,2-6,9-19H2,1H3,(H,21,23)/b8-7-. The molecule has 0 aliphatic heterocycles. The van der Waals surface area contributed by atoms with Crippen molar-refractivity contribution in [1.82, 2.24) is 5.32 Å². The molecule has 0 saturated heterocycles. The van der Waals surface area contributed by atoms with Gasteiger partial charge in [0, 0.05) is 19.6 Å². The van der Waals surface area contributed by atoms with E-state index in [2.05, 4.69) is 24.4 Å². The minimum atomic E-state index is 0.161. The molecular formula is C20H39NO2. The van der Waals surface area contributed by atoms with Crippen molar-refractivity contribution < 1.29 is 9.90 Å². The van der Waals surface area contributed by atoms with Crippen LogP contribution in [0.25, 0.3) is 0 Å². The van der Waals surface area contributed by atoms with Crippen molar-refractivity contribution in [2.45, 2.75) is 96.8 Å². The zero-order valence-corrected chi connectivity index (χ0v) is 15.3. The fraction of sp³-hybridized carbons (Fsp3) is 0.850. The number of amides is 1. The van der Waals surface area contributed by atoms with Crippen LogP contribution in [0.5, 0.6) is 0 Å². The predicted molar refractivity (Wildman–Crippen MR) is 99.5 cm³/mol. The largest absolute Gasteiger partial charge is 0.396 e. The molecule has 3 heteroatoms. The van der Waals surface area contributed by atoms with E-state index in [0.717, 1.165) is 25.7 Å². The second-order valence-corrected chi connectivity index (χ2v) is 6.41. The van der Waals surface area contributed by atoms with Gasteiger partial charge in [-0.3, -0.25) is 4.79 Å². The topological polar surface area (TPSA) is 49.3 Å². The first kappa shape index (κ1) is 22.2. The molecule has 0 aliphatic rings. The van der Waals surface area contributed by atoms with Crippen molar-refractivity contribution in [3.05, 3.63) is 12.2 Å². The maximum absolute atomic E-state index is 11.5. The van der Waals surface area contributed by atoms with Gasteiger partial charge in [0.2, 0.25) is 5.91 Å². The summed E-state index contributed by atoms with van der Waals surface area (Å²) in [4.78, 5) is 11.5. The molecule has 23 heavy (non-hydrogen) atoms. The van der Waals surface area contributed by atoms with Crippen LogP contribution >= 0.6 is 0 Å². The molecule has 0 spiro atoms. The Bertz CT molecular complexity index is 277. The van der Waals surface area contributed by atoms with Crippen molar-refractivity contribution in [1.29, 1.82) is 0 Å². The molecule has 0 atom stereocenters. The first-order valence-electron chi connectivity index (χ1n) is 9.83. The van der Waals surface area contributed by atoms with Gasteiger partial charge in [0.15, 0.2) is 0 Å². The number of unbranched alkanes of at least 4 members (excludes halogenated alkanes) is 10. The van der Waals surface area contributed by atoms with Gasteiger partial charge in [0.05, 0.1) is 0 Å². The molecule has 0 rings (SSSR count). The van der Waals surface area contributed by atoms with Crippen LogP contribution in [0, 0.1) is 0 Å². The summed E-state index contributed by atoms with van der Waals surface area (Å²) in [7, 11) is 0. The van der Waals surface area contributed by atoms with Crippen LogP contribution in [0.15, 0.2) is 12.2 Å². The van der Waals surface area contributed by atoms with Crippen molar-refractivity contribution in [2.75, 3.05) is 13.2 Å². The Hall–Kier alpha value is -0.830. The lowest BCUT2D eigenvalue weighted by Gasteiger charge is -2.04. The zero-order valence-electron chi connectivity index (χ0n) is 15.3. The van der Waals surface area contributed by atoms with Crippen LogP contribution in [0.4, 0.5) is 0 Å². The summed E-state index contributed by atoms with van der Waals surface area (Å²) in [5.41, 5.74) is 0. The number of hydrogen-bond donors (Lipinski definition) is 2. The number of allylic oxidation sites excluding steroid dienone is 2. The number of carbonyl (C=O) groups is 1. The second kappa shape index (κ2) is 19.2. The molecule has 0 saturated carbocycles. The Morgan fingerprint density at radius 1 is 0.826 bits per heavy atom. The number of aliphatic hydroxyl groups excluding tert-OH is 1. The van der Waals surface area contributed by atoms with Crippen LogP contribution in [0.1, 0.15) is 96.8 Å². The molecule has 0 fully saturated rings. The van der Waals surface area contributed by atoms with Gasteiger partial charge >= 0.3 is 0 Å². The first-order chi connectivity index (χ1) is 11.3. The Balaban J connectivity index is 3.17. The monoisotopic (exact) mass is 325 g/mol. The van der Waals surface area contributed by atoms with Crippen molar-refractivity contribution in [3.63, 3.8) is 0 Å². The van der Waals surface area contributed by atoms with E-state index in [-0.39, 0.29) is 12.5 Å². The van der Waals surface area contributed by atoms with E-state index in [0.29, 0.717) is 13.0 Å². The number of carbonyl (C=O) groups excluding carboxylic acids is 1. The summed E-state index contributed by atoms with van der Waals surface area (Å²) in [6.07, 6.45) is 20.8. The third-order valence-corrected chi connectivity index (χ3v) is 4.07. The lowest BCUT2D eigenvalue weighted by atomic mass is 10.1. The van der Waals surface area contributed by atoms with E-state index in [1.165, 1.54) is 57.8 Å². The molecule has 136 valence electrons. The zero-order chi connectivity index (χ0) is 17.0. The van der Waals surface area contributed by atoms with Gasteiger partial charge < -0.3 is 10.4 Å². The minimum Gasteiger partial charge on any atom is -0.396 e. The first-order valence-corrected chi connectivity index (χ1v) is 9.83. The molecule has 2 N–H and O–H groups in total. The summed E-state index contributed by atoms with van der Waals surface area (Å²) in [5.74, 6) is 0.161. The number of aliphatic hydroxyl groups is 1. The predicted octanol–water partition coefficient (Wildman–Crippen LogP) is 5.13. The van der Waals surface area contributed by atoms with Crippen LogP contribution in [0.3, 0.4) is 0 Å².